The predicted molar refractivity (Wildman–Crippen MR) is 145 cm³/mol. The van der Waals surface area contributed by atoms with Crippen molar-refractivity contribution in [3.8, 4) is 0 Å². The monoisotopic (exact) mass is 522 g/mol. The number of aromatic amines is 1. The van der Waals surface area contributed by atoms with Gasteiger partial charge in [0.2, 0.25) is 0 Å². The molecule has 2 aromatic heterocycles. The molecule has 1 fully saturated rings. The second kappa shape index (κ2) is 10.7. The predicted octanol–water partition coefficient (Wildman–Crippen LogP) is 2.79. The van der Waals surface area contributed by atoms with Crippen LogP contribution in [0.3, 0.4) is 0 Å². The zero-order chi connectivity index (χ0) is 27.6. The first-order valence-corrected chi connectivity index (χ1v) is 12.8. The summed E-state index contributed by atoms with van der Waals surface area (Å²) in [5, 5.41) is 0. The number of ether oxygens (including phenoxy) is 1. The molecule has 0 atom stereocenters. The van der Waals surface area contributed by atoms with Crippen LogP contribution in [0.15, 0.2) is 33.9 Å². The van der Waals surface area contributed by atoms with Gasteiger partial charge in [-0.2, -0.15) is 0 Å². The van der Waals surface area contributed by atoms with Crippen molar-refractivity contribution in [2.75, 3.05) is 26.2 Å². The van der Waals surface area contributed by atoms with Gasteiger partial charge in [0.05, 0.1) is 0 Å². The number of imidazole rings is 1. The second-order valence-electron chi connectivity index (χ2n) is 10.1. The van der Waals surface area contributed by atoms with E-state index >= 15 is 0 Å². The Kier molecular flexibility index (Phi) is 7.56. The third kappa shape index (κ3) is 5.56. The van der Waals surface area contributed by atoms with Crippen molar-refractivity contribution in [3.05, 3.63) is 62.1 Å². The first-order valence-electron chi connectivity index (χ1n) is 12.8. The molecule has 1 aliphatic heterocycles. The number of H-pyrrole nitrogens is 1. The number of aromatic nitrogens is 4. The molecule has 0 radical (unpaired) electrons. The van der Waals surface area contributed by atoms with Gasteiger partial charge in [-0.15, -0.1) is 0 Å². The molecule has 3 heterocycles. The van der Waals surface area contributed by atoms with Crippen molar-refractivity contribution in [1.82, 2.24) is 28.9 Å². The molecule has 11 nitrogen and oxygen atoms in total. The van der Waals surface area contributed by atoms with Crippen LogP contribution in [0.25, 0.3) is 23.3 Å². The summed E-state index contributed by atoms with van der Waals surface area (Å²) in [7, 11) is 0. The fraction of sp³-hybridized carbons (Fsp3) is 0.444. The van der Waals surface area contributed by atoms with Crippen molar-refractivity contribution in [1.29, 1.82) is 0 Å². The van der Waals surface area contributed by atoms with Gasteiger partial charge in [0.25, 0.3) is 11.5 Å². The van der Waals surface area contributed by atoms with Crippen LogP contribution in [0.4, 0.5) is 4.79 Å². The Morgan fingerprint density at radius 2 is 1.55 bits per heavy atom. The second-order valence-corrected chi connectivity index (χ2v) is 10.1. The number of rotatable bonds is 5. The lowest BCUT2D eigenvalue weighted by Gasteiger charge is -2.35. The van der Waals surface area contributed by atoms with E-state index in [0.717, 1.165) is 5.56 Å². The normalized spacial score (nSPS) is 14.4. The Bertz CT molecular complexity index is 1480. The van der Waals surface area contributed by atoms with Crippen LogP contribution in [0.5, 0.6) is 0 Å². The summed E-state index contributed by atoms with van der Waals surface area (Å²) in [5.74, 6) is 0.363. The number of carbonyl (C=O) groups excluding carboxylic acids is 2. The van der Waals surface area contributed by atoms with Crippen LogP contribution in [0.1, 0.15) is 56.4 Å². The molecule has 0 bridgehead atoms. The number of fused-ring (bicyclic) bond motifs is 1. The minimum Gasteiger partial charge on any atom is -0.444 e. The number of benzene rings is 1. The van der Waals surface area contributed by atoms with Gasteiger partial charge in [-0.25, -0.2) is 14.6 Å². The minimum absolute atomic E-state index is 0.0913. The molecule has 1 aliphatic rings. The molecule has 3 aromatic rings. The summed E-state index contributed by atoms with van der Waals surface area (Å²) in [6.07, 6.45) is 3.19. The average molecular weight is 523 g/mol. The smallest absolute Gasteiger partial charge is 0.410 e. The molecule has 4 rings (SSSR count). The number of hydrogen-bond donors (Lipinski definition) is 1. The van der Waals surface area contributed by atoms with Crippen molar-refractivity contribution >= 4 is 35.3 Å². The first-order chi connectivity index (χ1) is 18.0. The molecule has 0 unspecified atom stereocenters. The summed E-state index contributed by atoms with van der Waals surface area (Å²) in [6, 6.07) is 7.18. The topological polar surface area (TPSA) is 123 Å². The maximum absolute atomic E-state index is 13.0. The number of amides is 2. The first kappa shape index (κ1) is 26.9. The lowest BCUT2D eigenvalue weighted by Crippen LogP contribution is -2.51. The number of piperazine rings is 1. The Morgan fingerprint density at radius 1 is 0.947 bits per heavy atom. The number of nitrogens with one attached hydrogen (secondary N) is 1. The summed E-state index contributed by atoms with van der Waals surface area (Å²) in [5.41, 5.74) is 0.707. The molecule has 1 N–H and O–H groups in total. The van der Waals surface area contributed by atoms with Crippen LogP contribution in [-0.2, 0) is 17.8 Å². The Labute approximate surface area is 220 Å². The average Bonchev–Trinajstić information content (AvgIpc) is 3.31. The Hall–Kier alpha value is -4.15. The van der Waals surface area contributed by atoms with Crippen LogP contribution < -0.4 is 11.2 Å². The van der Waals surface area contributed by atoms with Crippen molar-refractivity contribution in [3.63, 3.8) is 0 Å². The maximum atomic E-state index is 13.0. The molecule has 0 spiro atoms. The standard InChI is InChI=1S/C27H34N6O5/c1-6-32-22-21(24(35)33(7-2)25(32)36)28-20(29-22)13-10-18-8-11-19(12-9-18)23(34)30-14-16-31(17-15-30)26(37)38-27(3,4)5/h8-13H,6-7,14-17H2,1-5H3,(H,28,29). The van der Waals surface area contributed by atoms with Gasteiger partial charge in [0.1, 0.15) is 16.9 Å². The van der Waals surface area contributed by atoms with Gasteiger partial charge >= 0.3 is 11.8 Å². The summed E-state index contributed by atoms with van der Waals surface area (Å²) in [4.78, 5) is 61.3. The van der Waals surface area contributed by atoms with Crippen molar-refractivity contribution < 1.29 is 14.3 Å². The fourth-order valence-electron chi connectivity index (χ4n) is 4.34. The van der Waals surface area contributed by atoms with Crippen molar-refractivity contribution in [2.45, 2.75) is 53.3 Å². The number of hydrogen-bond acceptors (Lipinski definition) is 6. The van der Waals surface area contributed by atoms with Gasteiger partial charge < -0.3 is 19.5 Å². The summed E-state index contributed by atoms with van der Waals surface area (Å²) >= 11 is 0. The number of aryl methyl sites for hydroxylation is 1. The van der Waals surface area contributed by atoms with Crippen LogP contribution >= 0.6 is 0 Å². The van der Waals surface area contributed by atoms with Gasteiger partial charge in [0.15, 0.2) is 5.65 Å². The Morgan fingerprint density at radius 3 is 2.13 bits per heavy atom. The SMILES string of the molecule is CCn1c(=O)c2[nH]c(C=Cc3ccc(C(=O)N4CCN(C(=O)OC(C)(C)C)CC4)cc3)nc2n(CC)c1=O. The van der Waals surface area contributed by atoms with Gasteiger partial charge in [-0.05, 0) is 58.4 Å². The number of nitrogens with zero attached hydrogens (tertiary/aromatic N) is 5. The van der Waals surface area contributed by atoms with E-state index < -0.39 is 5.60 Å². The third-order valence-electron chi connectivity index (χ3n) is 6.32. The fourth-order valence-corrected chi connectivity index (χ4v) is 4.34. The highest BCUT2D eigenvalue weighted by Crippen LogP contribution is 2.15. The third-order valence-corrected chi connectivity index (χ3v) is 6.32. The van der Waals surface area contributed by atoms with E-state index in [4.69, 9.17) is 4.74 Å². The van der Waals surface area contributed by atoms with Crippen LogP contribution in [0, 0.1) is 0 Å². The molecule has 0 saturated carbocycles. The zero-order valence-electron chi connectivity index (χ0n) is 22.5. The highest BCUT2D eigenvalue weighted by molar-refractivity contribution is 5.94. The molecule has 11 heteroatoms. The van der Waals surface area contributed by atoms with E-state index in [2.05, 4.69) is 9.97 Å². The molecule has 38 heavy (non-hydrogen) atoms. The van der Waals surface area contributed by atoms with E-state index in [-0.39, 0.29) is 29.8 Å². The van der Waals surface area contributed by atoms with E-state index in [0.29, 0.717) is 55.3 Å². The van der Waals surface area contributed by atoms with Crippen LogP contribution in [-0.4, -0.2) is 72.7 Å². The quantitative estimate of drug-likeness (QED) is 0.550. The van der Waals surface area contributed by atoms with Gasteiger partial charge in [-0.3, -0.25) is 18.7 Å². The molecule has 1 aromatic carbocycles. The zero-order valence-corrected chi connectivity index (χ0v) is 22.5. The van der Waals surface area contributed by atoms with Crippen molar-refractivity contribution in [2.24, 2.45) is 0 Å². The molecular weight excluding hydrogens is 488 g/mol. The van der Waals surface area contributed by atoms with E-state index in [9.17, 15) is 19.2 Å². The highest BCUT2D eigenvalue weighted by Gasteiger charge is 2.28. The molecule has 0 aliphatic carbocycles. The molecule has 2 amide bonds. The van der Waals surface area contributed by atoms with Crippen LogP contribution in [0.2, 0.25) is 0 Å². The Balaban J connectivity index is 1.43. The highest BCUT2D eigenvalue weighted by atomic mass is 16.6. The van der Waals surface area contributed by atoms with Gasteiger partial charge in [0, 0.05) is 44.8 Å². The maximum Gasteiger partial charge on any atom is 0.410 e. The van der Waals surface area contributed by atoms with E-state index in [1.807, 2.05) is 45.9 Å². The van der Waals surface area contributed by atoms with Gasteiger partial charge in [-0.1, -0.05) is 18.2 Å². The molecule has 1 saturated heterocycles. The molecule has 202 valence electrons. The van der Waals surface area contributed by atoms with E-state index in [1.54, 1.807) is 34.9 Å². The van der Waals surface area contributed by atoms with E-state index in [1.165, 1.54) is 9.13 Å². The molecular formula is C27H34N6O5. The lowest BCUT2D eigenvalue weighted by atomic mass is 10.1. The number of carbonyl (C=O) groups is 2. The summed E-state index contributed by atoms with van der Waals surface area (Å²) in [6.45, 7) is 11.5. The summed E-state index contributed by atoms with van der Waals surface area (Å²) < 4.78 is 8.07. The lowest BCUT2D eigenvalue weighted by molar-refractivity contribution is 0.0141. The minimum atomic E-state index is -0.556. The largest absolute Gasteiger partial charge is 0.444 e.